The van der Waals surface area contributed by atoms with E-state index in [0.717, 1.165) is 0 Å². The van der Waals surface area contributed by atoms with Gasteiger partial charge in [-0.3, -0.25) is 0 Å². The van der Waals surface area contributed by atoms with Gasteiger partial charge in [0, 0.05) is 5.56 Å². The van der Waals surface area contributed by atoms with Crippen LogP contribution in [0.2, 0.25) is 0 Å². The zero-order valence-electron chi connectivity index (χ0n) is 8.27. The smallest absolute Gasteiger partial charge is 0.139 e. The van der Waals surface area contributed by atoms with Gasteiger partial charge in [0.15, 0.2) is 0 Å². The predicted molar refractivity (Wildman–Crippen MR) is 55.4 cm³/mol. The van der Waals surface area contributed by atoms with Gasteiger partial charge in [0.25, 0.3) is 0 Å². The standard InChI is InChI=1S/C9H15NO3S/c1-5-8(6(2)13-10-5)9(12)7(11)3-4-14/h7,9,11-12,14H,3-4H2,1-2H3. The molecule has 0 aromatic carbocycles. The average molecular weight is 217 g/mol. The minimum absolute atomic E-state index is 0.439. The Labute approximate surface area is 88.3 Å². The van der Waals surface area contributed by atoms with Gasteiger partial charge in [-0.2, -0.15) is 12.6 Å². The van der Waals surface area contributed by atoms with Crippen LogP contribution in [0.5, 0.6) is 0 Å². The first-order valence-corrected chi connectivity index (χ1v) is 5.11. The summed E-state index contributed by atoms with van der Waals surface area (Å²) in [7, 11) is 0. The molecule has 80 valence electrons. The highest BCUT2D eigenvalue weighted by molar-refractivity contribution is 7.80. The van der Waals surface area contributed by atoms with E-state index in [4.69, 9.17) is 4.52 Å². The maximum Gasteiger partial charge on any atom is 0.139 e. The van der Waals surface area contributed by atoms with Gasteiger partial charge < -0.3 is 14.7 Å². The van der Waals surface area contributed by atoms with Gasteiger partial charge in [-0.05, 0) is 26.0 Å². The van der Waals surface area contributed by atoms with Crippen molar-refractivity contribution in [2.75, 3.05) is 5.75 Å². The third-order valence-electron chi connectivity index (χ3n) is 2.17. The van der Waals surface area contributed by atoms with Gasteiger partial charge in [0.1, 0.15) is 11.9 Å². The van der Waals surface area contributed by atoms with E-state index in [9.17, 15) is 10.2 Å². The summed E-state index contributed by atoms with van der Waals surface area (Å²) in [4.78, 5) is 0. The fraction of sp³-hybridized carbons (Fsp3) is 0.667. The van der Waals surface area contributed by atoms with Crippen LogP contribution < -0.4 is 0 Å². The van der Waals surface area contributed by atoms with Crippen molar-refractivity contribution in [1.82, 2.24) is 5.16 Å². The Morgan fingerprint density at radius 3 is 2.50 bits per heavy atom. The lowest BCUT2D eigenvalue weighted by atomic mass is 10.0. The van der Waals surface area contributed by atoms with E-state index in [1.54, 1.807) is 13.8 Å². The topological polar surface area (TPSA) is 66.5 Å². The fourth-order valence-electron chi connectivity index (χ4n) is 1.39. The zero-order chi connectivity index (χ0) is 10.7. The molecule has 2 unspecified atom stereocenters. The maximum absolute atomic E-state index is 9.79. The lowest BCUT2D eigenvalue weighted by molar-refractivity contribution is 0.0161. The largest absolute Gasteiger partial charge is 0.390 e. The molecule has 0 amide bonds. The van der Waals surface area contributed by atoms with Crippen LogP contribution in [0.3, 0.4) is 0 Å². The molecule has 0 aliphatic heterocycles. The second-order valence-electron chi connectivity index (χ2n) is 3.26. The van der Waals surface area contributed by atoms with Gasteiger partial charge >= 0.3 is 0 Å². The van der Waals surface area contributed by atoms with Crippen molar-refractivity contribution in [3.8, 4) is 0 Å². The van der Waals surface area contributed by atoms with Gasteiger partial charge in [0.2, 0.25) is 0 Å². The van der Waals surface area contributed by atoms with Crippen LogP contribution in [0.15, 0.2) is 4.52 Å². The Morgan fingerprint density at radius 2 is 2.07 bits per heavy atom. The molecule has 1 aromatic rings. The first-order valence-electron chi connectivity index (χ1n) is 4.47. The first kappa shape index (κ1) is 11.6. The molecule has 2 N–H and O–H groups in total. The Hall–Kier alpha value is -0.520. The van der Waals surface area contributed by atoms with Crippen LogP contribution >= 0.6 is 12.6 Å². The summed E-state index contributed by atoms with van der Waals surface area (Å²) in [6.45, 7) is 3.45. The molecule has 0 saturated carbocycles. The molecule has 0 radical (unpaired) electrons. The molecule has 0 fully saturated rings. The highest BCUT2D eigenvalue weighted by Crippen LogP contribution is 2.25. The third-order valence-corrected chi connectivity index (χ3v) is 2.43. The SMILES string of the molecule is Cc1noc(C)c1C(O)C(O)CCS. The van der Waals surface area contributed by atoms with E-state index in [0.29, 0.717) is 29.2 Å². The van der Waals surface area contributed by atoms with Crippen molar-refractivity contribution in [2.45, 2.75) is 32.5 Å². The molecule has 14 heavy (non-hydrogen) atoms. The second kappa shape index (κ2) is 4.82. The van der Waals surface area contributed by atoms with Gasteiger partial charge in [0.05, 0.1) is 11.8 Å². The van der Waals surface area contributed by atoms with E-state index in [-0.39, 0.29) is 0 Å². The Morgan fingerprint density at radius 1 is 1.43 bits per heavy atom. The van der Waals surface area contributed by atoms with E-state index in [1.165, 1.54) is 0 Å². The third kappa shape index (κ3) is 2.29. The number of aryl methyl sites for hydroxylation is 2. The van der Waals surface area contributed by atoms with E-state index >= 15 is 0 Å². The average Bonchev–Trinajstić information content (AvgIpc) is 2.46. The Kier molecular flexibility index (Phi) is 3.97. The van der Waals surface area contributed by atoms with E-state index in [2.05, 4.69) is 17.8 Å². The molecule has 1 aromatic heterocycles. The lowest BCUT2D eigenvalue weighted by Gasteiger charge is -2.16. The van der Waals surface area contributed by atoms with Crippen LogP contribution in [-0.4, -0.2) is 27.2 Å². The van der Waals surface area contributed by atoms with Crippen molar-refractivity contribution in [2.24, 2.45) is 0 Å². The van der Waals surface area contributed by atoms with Crippen LogP contribution in [0.4, 0.5) is 0 Å². The minimum atomic E-state index is -0.937. The molecule has 1 rings (SSSR count). The summed E-state index contributed by atoms with van der Waals surface area (Å²) >= 11 is 3.99. The van der Waals surface area contributed by atoms with Crippen molar-refractivity contribution in [3.05, 3.63) is 17.0 Å². The number of nitrogens with zero attached hydrogens (tertiary/aromatic N) is 1. The molecule has 0 saturated heterocycles. The highest BCUT2D eigenvalue weighted by Gasteiger charge is 2.24. The van der Waals surface area contributed by atoms with Crippen LogP contribution in [0.1, 0.15) is 29.5 Å². The summed E-state index contributed by atoms with van der Waals surface area (Å²) in [5.41, 5.74) is 1.20. The number of thiol groups is 1. The number of hydrogen-bond acceptors (Lipinski definition) is 5. The minimum Gasteiger partial charge on any atom is -0.390 e. The van der Waals surface area contributed by atoms with Crippen LogP contribution in [-0.2, 0) is 0 Å². The first-order chi connectivity index (χ1) is 6.57. The predicted octanol–water partition coefficient (Wildman–Crippen LogP) is 1.01. The normalized spacial score (nSPS) is 15.5. The number of aromatic nitrogens is 1. The van der Waals surface area contributed by atoms with Crippen molar-refractivity contribution in [3.63, 3.8) is 0 Å². The second-order valence-corrected chi connectivity index (χ2v) is 3.71. The number of rotatable bonds is 4. The molecular weight excluding hydrogens is 202 g/mol. The molecule has 1 heterocycles. The van der Waals surface area contributed by atoms with Crippen molar-refractivity contribution >= 4 is 12.6 Å². The van der Waals surface area contributed by atoms with Gasteiger partial charge in [-0.1, -0.05) is 5.16 Å². The maximum atomic E-state index is 9.79. The summed E-state index contributed by atoms with van der Waals surface area (Å²) in [5, 5.41) is 23.1. The van der Waals surface area contributed by atoms with Gasteiger partial charge in [-0.25, -0.2) is 0 Å². The quantitative estimate of drug-likeness (QED) is 0.658. The van der Waals surface area contributed by atoms with E-state index in [1.807, 2.05) is 0 Å². The van der Waals surface area contributed by atoms with Crippen molar-refractivity contribution < 1.29 is 14.7 Å². The molecule has 0 bridgehead atoms. The summed E-state index contributed by atoms with van der Waals surface area (Å²) < 4.78 is 4.90. The molecule has 5 heteroatoms. The highest BCUT2D eigenvalue weighted by atomic mass is 32.1. The Balaban J connectivity index is 2.82. The summed E-state index contributed by atoms with van der Waals surface area (Å²) in [6.07, 6.45) is -1.31. The molecular formula is C9H15NO3S. The van der Waals surface area contributed by atoms with Gasteiger partial charge in [-0.15, -0.1) is 0 Å². The Bertz CT molecular complexity index is 281. The van der Waals surface area contributed by atoms with Crippen molar-refractivity contribution in [1.29, 1.82) is 0 Å². The molecule has 0 aliphatic rings. The fourth-order valence-corrected chi connectivity index (χ4v) is 1.66. The number of aliphatic hydroxyl groups excluding tert-OH is 2. The number of aliphatic hydroxyl groups is 2. The molecule has 0 aliphatic carbocycles. The lowest BCUT2D eigenvalue weighted by Crippen LogP contribution is -2.19. The molecule has 0 spiro atoms. The molecule has 2 atom stereocenters. The zero-order valence-corrected chi connectivity index (χ0v) is 9.16. The van der Waals surface area contributed by atoms with Crippen LogP contribution in [0.25, 0.3) is 0 Å². The summed E-state index contributed by atoms with van der Waals surface area (Å²) in [5.74, 6) is 1.08. The number of hydrogen-bond donors (Lipinski definition) is 3. The molecule has 4 nitrogen and oxygen atoms in total. The monoisotopic (exact) mass is 217 g/mol. The van der Waals surface area contributed by atoms with E-state index < -0.39 is 12.2 Å². The summed E-state index contributed by atoms with van der Waals surface area (Å²) in [6, 6.07) is 0. The van der Waals surface area contributed by atoms with Crippen LogP contribution in [0, 0.1) is 13.8 Å².